The van der Waals surface area contributed by atoms with Gasteiger partial charge in [-0.1, -0.05) is 0 Å². The zero-order chi connectivity index (χ0) is 18.3. The number of nitrogens with two attached hydrogens (primary N) is 1. The second-order valence-electron chi connectivity index (χ2n) is 7.99. The predicted octanol–water partition coefficient (Wildman–Crippen LogP) is 3.50. The summed E-state index contributed by atoms with van der Waals surface area (Å²) in [5.41, 5.74) is 5.10. The number of hydrogen-bond donors (Lipinski definition) is 2. The number of halogens is 3. The van der Waals surface area contributed by atoms with Crippen molar-refractivity contribution in [2.24, 2.45) is 11.8 Å². The first-order valence-electron chi connectivity index (χ1n) is 8.88. The standard InChI is InChI=1S/C18H19F3N4O/c19-18(20,21)12-3-11(7-23-15(12)22)13-8-25(17-4-9(5-17)6-17)16(24-13)14(26)10-1-2-10/h3,7-10,14,26H,1-2,4-6H2,(H2,22,23)/t9?,14-,17?/m0/s1. The lowest BCUT2D eigenvalue weighted by Crippen LogP contribution is -2.59. The molecule has 4 aliphatic rings. The van der Waals surface area contributed by atoms with Gasteiger partial charge in [0.15, 0.2) is 0 Å². The van der Waals surface area contributed by atoms with E-state index < -0.39 is 23.7 Å². The lowest BCUT2D eigenvalue weighted by Gasteiger charge is -2.62. The zero-order valence-corrected chi connectivity index (χ0v) is 14.0. The lowest BCUT2D eigenvalue weighted by molar-refractivity contribution is -0.137. The van der Waals surface area contributed by atoms with Crippen molar-refractivity contribution in [3.8, 4) is 11.3 Å². The maximum Gasteiger partial charge on any atom is 0.419 e. The number of pyridine rings is 1. The number of alkyl halides is 3. The maximum absolute atomic E-state index is 13.1. The smallest absolute Gasteiger partial charge is 0.385 e. The van der Waals surface area contributed by atoms with Gasteiger partial charge >= 0.3 is 6.18 Å². The van der Waals surface area contributed by atoms with Gasteiger partial charge in [0, 0.05) is 23.5 Å². The monoisotopic (exact) mass is 364 g/mol. The molecule has 1 atom stereocenters. The third kappa shape index (κ3) is 2.27. The highest BCUT2D eigenvalue weighted by Crippen LogP contribution is 2.63. The molecule has 3 N–H and O–H groups in total. The van der Waals surface area contributed by atoms with Crippen LogP contribution in [0, 0.1) is 11.8 Å². The van der Waals surface area contributed by atoms with Crippen molar-refractivity contribution in [2.75, 3.05) is 5.73 Å². The van der Waals surface area contributed by atoms with Crippen LogP contribution in [0.15, 0.2) is 18.5 Å². The number of hydrogen-bond acceptors (Lipinski definition) is 4. The van der Waals surface area contributed by atoms with Gasteiger partial charge < -0.3 is 15.4 Å². The third-order valence-corrected chi connectivity index (χ3v) is 6.10. The fourth-order valence-corrected chi connectivity index (χ4v) is 4.32. The van der Waals surface area contributed by atoms with Gasteiger partial charge in [-0.05, 0) is 50.0 Å². The number of rotatable bonds is 4. The maximum atomic E-state index is 13.1. The minimum atomic E-state index is -4.57. The normalized spacial score (nSPS) is 28.4. The van der Waals surface area contributed by atoms with E-state index in [0.29, 0.717) is 11.5 Å². The summed E-state index contributed by atoms with van der Waals surface area (Å²) in [4.78, 5) is 8.24. The minimum Gasteiger partial charge on any atom is -0.385 e. The van der Waals surface area contributed by atoms with E-state index in [1.54, 1.807) is 6.20 Å². The van der Waals surface area contributed by atoms with Gasteiger partial charge in [-0.3, -0.25) is 0 Å². The highest BCUT2D eigenvalue weighted by Gasteiger charge is 2.59. The van der Waals surface area contributed by atoms with E-state index in [-0.39, 0.29) is 17.0 Å². The molecule has 0 radical (unpaired) electrons. The number of nitrogens with zero attached hydrogens (tertiary/aromatic N) is 3. The van der Waals surface area contributed by atoms with Crippen LogP contribution in [0.3, 0.4) is 0 Å². The Labute approximate surface area is 148 Å². The first kappa shape index (κ1) is 16.1. The number of imidazole rings is 1. The van der Waals surface area contributed by atoms with Gasteiger partial charge in [0.2, 0.25) is 0 Å². The van der Waals surface area contributed by atoms with E-state index >= 15 is 0 Å². The molecule has 4 aliphatic carbocycles. The lowest BCUT2D eigenvalue weighted by atomic mass is 9.49. The zero-order valence-electron chi connectivity index (χ0n) is 14.0. The number of aliphatic hydroxyl groups is 1. The van der Waals surface area contributed by atoms with Crippen LogP contribution >= 0.6 is 0 Å². The fourth-order valence-electron chi connectivity index (χ4n) is 4.32. The Balaban J connectivity index is 1.58. The van der Waals surface area contributed by atoms with Gasteiger partial charge in [0.05, 0.1) is 11.3 Å². The van der Waals surface area contributed by atoms with Gasteiger partial charge in [0.25, 0.3) is 0 Å². The molecule has 2 aromatic rings. The van der Waals surface area contributed by atoms with E-state index in [9.17, 15) is 18.3 Å². The van der Waals surface area contributed by atoms with E-state index in [1.165, 1.54) is 6.20 Å². The first-order chi connectivity index (χ1) is 12.3. The molecule has 0 saturated heterocycles. The second-order valence-corrected chi connectivity index (χ2v) is 7.99. The van der Waals surface area contributed by atoms with Gasteiger partial charge in [0.1, 0.15) is 17.7 Å². The first-order valence-corrected chi connectivity index (χ1v) is 8.88. The Morgan fingerprint density at radius 2 is 1.96 bits per heavy atom. The fraction of sp³-hybridized carbons (Fsp3) is 0.556. The van der Waals surface area contributed by atoms with Crippen molar-refractivity contribution in [1.29, 1.82) is 0 Å². The van der Waals surface area contributed by atoms with Crippen LogP contribution in [0.25, 0.3) is 11.3 Å². The van der Waals surface area contributed by atoms with Crippen molar-refractivity contribution in [3.63, 3.8) is 0 Å². The van der Waals surface area contributed by atoms with Crippen LogP contribution < -0.4 is 5.73 Å². The Morgan fingerprint density at radius 1 is 1.27 bits per heavy atom. The summed E-state index contributed by atoms with van der Waals surface area (Å²) in [7, 11) is 0. The summed E-state index contributed by atoms with van der Waals surface area (Å²) in [6.07, 6.45) is 2.95. The molecule has 138 valence electrons. The Hall–Kier alpha value is -2.09. The Morgan fingerprint density at radius 3 is 2.50 bits per heavy atom. The molecule has 2 bridgehead atoms. The molecule has 2 aromatic heterocycles. The average molecular weight is 364 g/mol. The largest absolute Gasteiger partial charge is 0.419 e. The summed E-state index contributed by atoms with van der Waals surface area (Å²) in [6, 6.07) is 0.990. The molecule has 0 unspecified atom stereocenters. The van der Waals surface area contributed by atoms with Crippen molar-refractivity contribution >= 4 is 5.82 Å². The molecular formula is C18H19F3N4O. The van der Waals surface area contributed by atoms with Crippen LogP contribution in [-0.2, 0) is 11.7 Å². The third-order valence-electron chi connectivity index (χ3n) is 6.10. The van der Waals surface area contributed by atoms with E-state index in [4.69, 9.17) is 5.73 Å². The van der Waals surface area contributed by atoms with Crippen LogP contribution in [0.1, 0.15) is 49.6 Å². The predicted molar refractivity (Wildman–Crippen MR) is 87.9 cm³/mol. The van der Waals surface area contributed by atoms with Gasteiger partial charge in [-0.25, -0.2) is 9.97 Å². The Kier molecular flexibility index (Phi) is 3.10. The van der Waals surface area contributed by atoms with Crippen molar-refractivity contribution in [2.45, 2.75) is 49.9 Å². The van der Waals surface area contributed by atoms with Crippen LogP contribution in [-0.4, -0.2) is 19.6 Å². The molecular weight excluding hydrogens is 345 g/mol. The van der Waals surface area contributed by atoms with E-state index in [1.807, 2.05) is 4.57 Å². The molecule has 8 heteroatoms. The molecule has 4 saturated carbocycles. The van der Waals surface area contributed by atoms with E-state index in [0.717, 1.165) is 44.1 Å². The summed E-state index contributed by atoms with van der Waals surface area (Å²) in [5.74, 6) is 0.970. The van der Waals surface area contributed by atoms with Gasteiger partial charge in [-0.15, -0.1) is 0 Å². The summed E-state index contributed by atoms with van der Waals surface area (Å²) >= 11 is 0. The SMILES string of the molecule is Nc1ncc(-c2cn(C34CC(C3)C4)c([C@@H](O)C3CC3)n2)cc1C(F)(F)F. The number of aliphatic hydroxyl groups excluding tert-OH is 1. The number of aromatic nitrogens is 3. The average Bonchev–Trinajstić information content (AvgIpc) is 3.24. The van der Waals surface area contributed by atoms with Crippen LogP contribution in [0.2, 0.25) is 0 Å². The van der Waals surface area contributed by atoms with Crippen molar-refractivity contribution < 1.29 is 18.3 Å². The molecule has 4 fully saturated rings. The number of nitrogen functional groups attached to an aromatic ring is 1. The number of anilines is 1. The van der Waals surface area contributed by atoms with E-state index in [2.05, 4.69) is 9.97 Å². The molecule has 0 aromatic carbocycles. The second kappa shape index (κ2) is 5.00. The highest BCUT2D eigenvalue weighted by atomic mass is 19.4. The molecule has 0 amide bonds. The molecule has 0 spiro atoms. The van der Waals surface area contributed by atoms with Crippen molar-refractivity contribution in [3.05, 3.63) is 29.8 Å². The molecule has 2 heterocycles. The summed E-state index contributed by atoms with van der Waals surface area (Å²) in [5, 5.41) is 10.6. The minimum absolute atomic E-state index is 0.00475. The molecule has 6 rings (SSSR count). The molecule has 5 nitrogen and oxygen atoms in total. The highest BCUT2D eigenvalue weighted by molar-refractivity contribution is 5.62. The quantitative estimate of drug-likeness (QED) is 0.871. The summed E-state index contributed by atoms with van der Waals surface area (Å²) < 4.78 is 41.5. The van der Waals surface area contributed by atoms with Crippen LogP contribution in [0.4, 0.5) is 19.0 Å². The molecule has 26 heavy (non-hydrogen) atoms. The summed E-state index contributed by atoms with van der Waals surface area (Å²) in [6.45, 7) is 0. The topological polar surface area (TPSA) is 77.0 Å². The molecule has 0 aliphatic heterocycles. The van der Waals surface area contributed by atoms with Crippen molar-refractivity contribution in [1.82, 2.24) is 14.5 Å². The van der Waals surface area contributed by atoms with Gasteiger partial charge in [-0.2, -0.15) is 13.2 Å². The van der Waals surface area contributed by atoms with Crippen LogP contribution in [0.5, 0.6) is 0 Å². The Bertz CT molecular complexity index is 870.